The molecule has 1 heterocycles. The van der Waals surface area contributed by atoms with E-state index in [2.05, 4.69) is 0 Å². The number of alkyl halides is 2. The molecule has 3 aliphatic rings. The molecule has 7 heteroatoms. The van der Waals surface area contributed by atoms with E-state index >= 15 is 0 Å². The van der Waals surface area contributed by atoms with Gasteiger partial charge in [0.1, 0.15) is 17.4 Å². The molecular formula is C25H33F4NO2. The number of likely N-dealkylation sites (tertiary alicyclic amines) is 1. The number of piperidine rings is 1. The number of halogens is 4. The van der Waals surface area contributed by atoms with Crippen LogP contribution in [0.5, 0.6) is 5.75 Å². The minimum Gasteiger partial charge on any atom is -0.493 e. The highest BCUT2D eigenvalue weighted by molar-refractivity contribution is 6.00. The van der Waals surface area contributed by atoms with Gasteiger partial charge in [0.05, 0.1) is 18.7 Å². The quantitative estimate of drug-likeness (QED) is 0.319. The van der Waals surface area contributed by atoms with Gasteiger partial charge < -0.3 is 4.74 Å². The zero-order valence-electron chi connectivity index (χ0n) is 18.9. The summed E-state index contributed by atoms with van der Waals surface area (Å²) >= 11 is 0. The van der Waals surface area contributed by atoms with E-state index in [-0.39, 0.29) is 30.2 Å². The van der Waals surface area contributed by atoms with Crippen molar-refractivity contribution in [3.8, 4) is 5.75 Å². The molecule has 2 saturated carbocycles. The molecular weight excluding hydrogens is 422 g/mol. The maximum atomic E-state index is 14.6. The first-order chi connectivity index (χ1) is 15.2. The Labute approximate surface area is 187 Å². The lowest BCUT2D eigenvalue weighted by molar-refractivity contribution is -0.0424. The van der Waals surface area contributed by atoms with Gasteiger partial charge in [0.15, 0.2) is 5.78 Å². The topological polar surface area (TPSA) is 29.5 Å². The van der Waals surface area contributed by atoms with Gasteiger partial charge in [-0.3, -0.25) is 9.69 Å². The number of nitrogens with zero attached hydrogens (tertiary/aromatic N) is 1. The summed E-state index contributed by atoms with van der Waals surface area (Å²) in [6, 6.07) is 1.14. The van der Waals surface area contributed by atoms with Gasteiger partial charge in [-0.05, 0) is 76.3 Å². The van der Waals surface area contributed by atoms with E-state index in [4.69, 9.17) is 4.74 Å². The molecule has 0 unspecified atom stereocenters. The fraction of sp³-hybridized carbons (Fsp3) is 0.720. The lowest BCUT2D eigenvalue weighted by Gasteiger charge is -2.34. The van der Waals surface area contributed by atoms with Crippen LogP contribution in [-0.4, -0.2) is 42.8 Å². The highest BCUT2D eigenvalue weighted by atomic mass is 19.3. The molecule has 1 saturated heterocycles. The summed E-state index contributed by atoms with van der Waals surface area (Å²) in [4.78, 5) is 14.0. The normalized spacial score (nSPS) is 24.6. The van der Waals surface area contributed by atoms with E-state index in [1.165, 1.54) is 13.8 Å². The molecule has 3 nitrogen and oxygen atoms in total. The van der Waals surface area contributed by atoms with Crippen molar-refractivity contribution in [1.29, 1.82) is 0 Å². The molecule has 0 bridgehead atoms. The highest BCUT2D eigenvalue weighted by Crippen LogP contribution is 2.50. The number of rotatable bonds is 10. The van der Waals surface area contributed by atoms with E-state index in [0.29, 0.717) is 37.2 Å². The second-order valence-corrected chi connectivity index (χ2v) is 9.93. The summed E-state index contributed by atoms with van der Waals surface area (Å²) in [7, 11) is 0. The van der Waals surface area contributed by atoms with Crippen LogP contribution in [0.1, 0.15) is 67.8 Å². The maximum absolute atomic E-state index is 14.6. The summed E-state index contributed by atoms with van der Waals surface area (Å²) < 4.78 is 61.9. The van der Waals surface area contributed by atoms with Crippen LogP contribution in [0.15, 0.2) is 6.07 Å². The largest absolute Gasteiger partial charge is 0.493 e. The Balaban J connectivity index is 1.22. The average Bonchev–Trinajstić information content (AvgIpc) is 3.66. The summed E-state index contributed by atoms with van der Waals surface area (Å²) in [5.41, 5.74) is -0.248. The zero-order valence-corrected chi connectivity index (χ0v) is 18.9. The Morgan fingerprint density at radius 2 is 1.88 bits per heavy atom. The maximum Gasteiger partial charge on any atom is 0.260 e. The smallest absolute Gasteiger partial charge is 0.260 e. The third-order valence-electron chi connectivity index (χ3n) is 7.54. The van der Waals surface area contributed by atoms with Crippen molar-refractivity contribution in [3.63, 3.8) is 0 Å². The Bertz CT molecular complexity index is 847. The molecule has 1 aliphatic heterocycles. The van der Waals surface area contributed by atoms with E-state index in [1.54, 1.807) is 0 Å². The van der Waals surface area contributed by atoms with E-state index in [9.17, 15) is 22.4 Å². The number of ether oxygens (including phenoxy) is 1. The summed E-state index contributed by atoms with van der Waals surface area (Å²) in [6.45, 7) is 4.72. The number of hydrogen-bond acceptors (Lipinski definition) is 3. The van der Waals surface area contributed by atoms with Crippen molar-refractivity contribution in [3.05, 3.63) is 28.8 Å². The van der Waals surface area contributed by atoms with Crippen molar-refractivity contribution < 1.29 is 27.1 Å². The minimum absolute atomic E-state index is 0.121. The molecule has 1 aromatic rings. The third-order valence-corrected chi connectivity index (χ3v) is 7.54. The number of carbonyl (C=O) groups excluding carboxylic acids is 1. The van der Waals surface area contributed by atoms with Gasteiger partial charge in [-0.1, -0.05) is 6.92 Å². The van der Waals surface area contributed by atoms with E-state index < -0.39 is 28.9 Å². The van der Waals surface area contributed by atoms with Gasteiger partial charge >= 0.3 is 0 Å². The molecule has 2 atom stereocenters. The lowest BCUT2D eigenvalue weighted by atomic mass is 9.90. The van der Waals surface area contributed by atoms with Gasteiger partial charge in [-0.15, -0.1) is 0 Å². The Morgan fingerprint density at radius 1 is 1.19 bits per heavy atom. The van der Waals surface area contributed by atoms with E-state index in [0.717, 1.165) is 44.8 Å². The minimum atomic E-state index is -2.60. The fourth-order valence-corrected chi connectivity index (χ4v) is 5.10. The van der Waals surface area contributed by atoms with Crippen molar-refractivity contribution in [1.82, 2.24) is 4.90 Å². The first-order valence-corrected chi connectivity index (χ1v) is 12.0. The van der Waals surface area contributed by atoms with Crippen LogP contribution >= 0.6 is 0 Å². The predicted molar refractivity (Wildman–Crippen MR) is 114 cm³/mol. The van der Waals surface area contributed by atoms with Crippen LogP contribution in [0.2, 0.25) is 0 Å². The summed E-state index contributed by atoms with van der Waals surface area (Å²) in [5.74, 6) is -3.09. The Morgan fingerprint density at radius 3 is 2.50 bits per heavy atom. The Kier molecular flexibility index (Phi) is 6.85. The molecule has 1 aromatic carbocycles. The summed E-state index contributed by atoms with van der Waals surface area (Å²) in [6.07, 6.45) is 5.09. The predicted octanol–water partition coefficient (Wildman–Crippen LogP) is 6.03. The molecule has 0 radical (unpaired) electrons. The van der Waals surface area contributed by atoms with Crippen molar-refractivity contribution in [2.75, 3.05) is 26.2 Å². The van der Waals surface area contributed by atoms with E-state index in [1.807, 2.05) is 4.90 Å². The Hall–Kier alpha value is -1.63. The molecule has 0 aromatic heterocycles. The second-order valence-electron chi connectivity index (χ2n) is 9.93. The lowest BCUT2D eigenvalue weighted by Crippen LogP contribution is -2.41. The molecule has 4 rings (SSSR count). The van der Waals surface area contributed by atoms with Crippen molar-refractivity contribution in [2.45, 2.75) is 64.7 Å². The molecule has 0 N–H and O–H groups in total. The van der Waals surface area contributed by atoms with Gasteiger partial charge in [0.2, 0.25) is 0 Å². The number of benzene rings is 1. The molecule has 178 valence electrons. The molecule has 2 aliphatic carbocycles. The fourth-order valence-electron chi connectivity index (χ4n) is 5.10. The first kappa shape index (κ1) is 23.5. The van der Waals surface area contributed by atoms with Crippen LogP contribution in [0.4, 0.5) is 17.6 Å². The van der Waals surface area contributed by atoms with Crippen LogP contribution in [0, 0.1) is 42.2 Å². The zero-order chi connectivity index (χ0) is 23.0. The van der Waals surface area contributed by atoms with Crippen LogP contribution in [-0.2, 0) is 0 Å². The number of hydrogen-bond donors (Lipinski definition) is 0. The molecule has 32 heavy (non-hydrogen) atoms. The van der Waals surface area contributed by atoms with Gasteiger partial charge in [0.25, 0.3) is 5.92 Å². The monoisotopic (exact) mass is 455 g/mol. The van der Waals surface area contributed by atoms with Crippen LogP contribution in [0.25, 0.3) is 0 Å². The molecule has 0 amide bonds. The van der Waals surface area contributed by atoms with Crippen LogP contribution in [0.3, 0.4) is 0 Å². The molecule has 0 spiro atoms. The standard InChI is InChI=1S/C25H33F4NO2/c1-3-25(28,29)14-30-9-6-16(7-10-30)19-12-18(19)8-11-32-21-13-20(26)22(23(27)15(21)2)24(31)17-4-5-17/h13,16-19H,3-12,14H2,1-2H3/t18-,19-/m1/s1. The second kappa shape index (κ2) is 9.32. The number of ketones is 1. The van der Waals surface area contributed by atoms with Gasteiger partial charge in [-0.2, -0.15) is 0 Å². The highest BCUT2D eigenvalue weighted by Gasteiger charge is 2.44. The first-order valence-electron chi connectivity index (χ1n) is 12.0. The number of carbonyl (C=O) groups is 1. The summed E-state index contributed by atoms with van der Waals surface area (Å²) in [5, 5.41) is 0. The number of Topliss-reactive ketones (excluding diaryl/α,β-unsaturated/α-hetero) is 1. The molecule has 3 fully saturated rings. The van der Waals surface area contributed by atoms with Gasteiger partial charge in [-0.25, -0.2) is 17.6 Å². The third kappa shape index (κ3) is 5.29. The SMILES string of the molecule is CCC(F)(F)CN1CCC([C@H]2C[C@H]2CCOc2cc(F)c(C(=O)C3CC3)c(F)c2C)CC1. The van der Waals surface area contributed by atoms with Crippen molar-refractivity contribution >= 4 is 5.78 Å². The van der Waals surface area contributed by atoms with Crippen LogP contribution < -0.4 is 4.74 Å². The average molecular weight is 456 g/mol. The van der Waals surface area contributed by atoms with Crippen molar-refractivity contribution in [2.24, 2.45) is 23.7 Å². The van der Waals surface area contributed by atoms with Gasteiger partial charge in [0, 0.05) is 24.0 Å².